The topological polar surface area (TPSA) is 78.5 Å². The van der Waals surface area contributed by atoms with Crippen molar-refractivity contribution in [2.75, 3.05) is 12.9 Å². The van der Waals surface area contributed by atoms with Crippen molar-refractivity contribution in [1.82, 2.24) is 4.57 Å². The van der Waals surface area contributed by atoms with Crippen molar-refractivity contribution >= 4 is 26.7 Å². The van der Waals surface area contributed by atoms with Gasteiger partial charge in [0, 0.05) is 23.7 Å². The predicted octanol–water partition coefficient (Wildman–Crippen LogP) is 4.67. The Labute approximate surface area is 178 Å². The van der Waals surface area contributed by atoms with E-state index >= 15 is 0 Å². The quantitative estimate of drug-likeness (QED) is 0.407. The van der Waals surface area contributed by atoms with E-state index in [0.29, 0.717) is 23.4 Å². The number of esters is 1. The molecule has 0 spiro atoms. The molecule has 0 fully saturated rings. The summed E-state index contributed by atoms with van der Waals surface area (Å²) in [5.41, 5.74) is 2.28. The van der Waals surface area contributed by atoms with E-state index in [1.807, 2.05) is 4.57 Å². The van der Waals surface area contributed by atoms with Gasteiger partial charge in [-0.15, -0.1) is 0 Å². The summed E-state index contributed by atoms with van der Waals surface area (Å²) in [4.78, 5) is 12.2. The molecular formula is C23H20FNO5S. The van der Waals surface area contributed by atoms with Gasteiger partial charge in [-0.1, -0.05) is 12.1 Å². The third-order valence-electron chi connectivity index (χ3n) is 4.89. The van der Waals surface area contributed by atoms with Gasteiger partial charge in [0.05, 0.1) is 17.2 Å². The lowest BCUT2D eigenvalue weighted by molar-refractivity contribution is 0.0491. The maximum atomic E-state index is 13.3. The molecule has 0 amide bonds. The summed E-state index contributed by atoms with van der Waals surface area (Å²) in [7, 11) is -3.38. The van der Waals surface area contributed by atoms with Crippen LogP contribution < -0.4 is 0 Å². The van der Waals surface area contributed by atoms with Crippen molar-refractivity contribution in [2.45, 2.75) is 18.4 Å². The normalized spacial score (nSPS) is 11.7. The second-order valence-electron chi connectivity index (χ2n) is 7.12. The molecule has 8 heteroatoms. The van der Waals surface area contributed by atoms with Crippen LogP contribution in [0.15, 0.2) is 70.0 Å². The second-order valence-corrected chi connectivity index (χ2v) is 9.14. The summed E-state index contributed by atoms with van der Waals surface area (Å²) in [5, 5.41) is 0.703. The van der Waals surface area contributed by atoms with Crippen molar-refractivity contribution in [1.29, 1.82) is 0 Å². The van der Waals surface area contributed by atoms with E-state index in [9.17, 15) is 17.6 Å². The van der Waals surface area contributed by atoms with Gasteiger partial charge in [0.1, 0.15) is 5.82 Å². The number of fused-ring (bicyclic) bond motifs is 1. The van der Waals surface area contributed by atoms with Crippen molar-refractivity contribution in [2.24, 2.45) is 0 Å². The minimum Gasteiger partial charge on any atom is -0.460 e. The lowest BCUT2D eigenvalue weighted by atomic mass is 10.2. The average molecular weight is 441 g/mol. The second kappa shape index (κ2) is 8.03. The first-order valence-corrected chi connectivity index (χ1v) is 11.5. The minimum atomic E-state index is -3.38. The average Bonchev–Trinajstić information content (AvgIpc) is 3.34. The molecule has 0 saturated carbocycles. The van der Waals surface area contributed by atoms with E-state index in [1.165, 1.54) is 18.2 Å². The van der Waals surface area contributed by atoms with Crippen LogP contribution in [-0.4, -0.2) is 31.8 Å². The largest absolute Gasteiger partial charge is 0.460 e. The molecule has 6 nitrogen and oxygen atoms in total. The Hall–Kier alpha value is -3.39. The fourth-order valence-electron chi connectivity index (χ4n) is 3.41. The summed E-state index contributed by atoms with van der Waals surface area (Å²) in [6, 6.07) is 16.0. The van der Waals surface area contributed by atoms with Gasteiger partial charge in [-0.2, -0.15) is 0 Å². The van der Waals surface area contributed by atoms with Gasteiger partial charge in [0.25, 0.3) is 0 Å². The number of carbonyl (C=O) groups is 1. The number of nitrogens with zero attached hydrogens (tertiary/aromatic N) is 1. The SMILES string of the molecule is CCOC(=O)c1ccc(-c2cc3cc(S(C)(=O)=O)ccc3n2Cc2ccc(F)cc2)o1. The Morgan fingerprint density at radius 3 is 2.48 bits per heavy atom. The van der Waals surface area contributed by atoms with E-state index in [-0.39, 0.29) is 23.1 Å². The highest BCUT2D eigenvalue weighted by molar-refractivity contribution is 7.90. The molecule has 2 heterocycles. The lowest BCUT2D eigenvalue weighted by Crippen LogP contribution is -2.03. The zero-order chi connectivity index (χ0) is 22.2. The van der Waals surface area contributed by atoms with Crippen LogP contribution in [0.1, 0.15) is 23.0 Å². The molecule has 0 N–H and O–H groups in total. The zero-order valence-electron chi connectivity index (χ0n) is 17.0. The Morgan fingerprint density at radius 1 is 1.06 bits per heavy atom. The number of aromatic nitrogens is 1. The number of hydrogen-bond acceptors (Lipinski definition) is 5. The van der Waals surface area contributed by atoms with Gasteiger partial charge in [0.15, 0.2) is 15.6 Å². The molecule has 4 rings (SSSR count). The van der Waals surface area contributed by atoms with Crippen LogP contribution >= 0.6 is 0 Å². The third-order valence-corrected chi connectivity index (χ3v) is 6.00. The van der Waals surface area contributed by atoms with Crippen LogP contribution in [0.25, 0.3) is 22.4 Å². The predicted molar refractivity (Wildman–Crippen MR) is 114 cm³/mol. The highest BCUT2D eigenvalue weighted by Crippen LogP contribution is 2.32. The van der Waals surface area contributed by atoms with E-state index in [4.69, 9.17) is 9.15 Å². The van der Waals surface area contributed by atoms with Gasteiger partial charge >= 0.3 is 5.97 Å². The smallest absolute Gasteiger partial charge is 0.374 e. The van der Waals surface area contributed by atoms with Crippen LogP contribution in [0.4, 0.5) is 4.39 Å². The highest BCUT2D eigenvalue weighted by Gasteiger charge is 2.19. The van der Waals surface area contributed by atoms with Gasteiger partial charge < -0.3 is 13.7 Å². The molecule has 2 aromatic heterocycles. The van der Waals surface area contributed by atoms with Crippen molar-refractivity contribution < 1.29 is 26.8 Å². The summed E-state index contributed by atoms with van der Waals surface area (Å²) in [5.74, 6) is -0.381. The monoisotopic (exact) mass is 441 g/mol. The van der Waals surface area contributed by atoms with Gasteiger partial charge in [-0.25, -0.2) is 17.6 Å². The first kappa shape index (κ1) is 20.9. The lowest BCUT2D eigenvalue weighted by Gasteiger charge is -2.10. The number of hydrogen-bond donors (Lipinski definition) is 0. The number of carbonyl (C=O) groups excluding carboxylic acids is 1. The number of sulfone groups is 1. The maximum Gasteiger partial charge on any atom is 0.374 e. The molecule has 4 aromatic rings. The summed E-state index contributed by atoms with van der Waals surface area (Å²) in [6.45, 7) is 2.34. The standard InChI is InChI=1S/C23H20FNO5S/c1-3-29-23(26)22-11-10-21(30-22)20-13-16-12-18(31(2,27)28)8-9-19(16)25(20)14-15-4-6-17(24)7-5-15/h4-13H,3,14H2,1-2H3. The molecule has 0 aliphatic heterocycles. The van der Waals surface area contributed by atoms with Crippen LogP contribution in [0.2, 0.25) is 0 Å². The van der Waals surface area contributed by atoms with Crippen LogP contribution in [0.5, 0.6) is 0 Å². The zero-order valence-corrected chi connectivity index (χ0v) is 17.8. The number of rotatable bonds is 6. The van der Waals surface area contributed by atoms with Gasteiger partial charge in [-0.3, -0.25) is 0 Å². The van der Waals surface area contributed by atoms with Crippen LogP contribution in [0, 0.1) is 5.82 Å². The van der Waals surface area contributed by atoms with Crippen molar-refractivity contribution in [3.05, 3.63) is 77.8 Å². The van der Waals surface area contributed by atoms with Gasteiger partial charge in [-0.05, 0) is 61.0 Å². The molecule has 31 heavy (non-hydrogen) atoms. The molecule has 0 atom stereocenters. The molecule has 0 unspecified atom stereocenters. The maximum absolute atomic E-state index is 13.3. The third kappa shape index (κ3) is 4.25. The highest BCUT2D eigenvalue weighted by atomic mass is 32.2. The summed E-state index contributed by atoms with van der Waals surface area (Å²) in [6.07, 6.45) is 1.16. The minimum absolute atomic E-state index is 0.0762. The summed E-state index contributed by atoms with van der Waals surface area (Å²) < 4.78 is 50.0. The number of furan rings is 1. The van der Waals surface area contributed by atoms with E-state index in [0.717, 1.165) is 17.3 Å². The Balaban J connectivity index is 1.85. The molecule has 0 radical (unpaired) electrons. The van der Waals surface area contributed by atoms with E-state index < -0.39 is 15.8 Å². The Morgan fingerprint density at radius 2 is 1.81 bits per heavy atom. The number of halogens is 1. The first-order chi connectivity index (χ1) is 14.8. The molecule has 0 bridgehead atoms. The number of ether oxygens (including phenoxy) is 1. The molecule has 0 aliphatic carbocycles. The molecule has 2 aromatic carbocycles. The van der Waals surface area contributed by atoms with Crippen LogP contribution in [0.3, 0.4) is 0 Å². The van der Waals surface area contributed by atoms with Crippen molar-refractivity contribution in [3.63, 3.8) is 0 Å². The summed E-state index contributed by atoms with van der Waals surface area (Å²) >= 11 is 0. The van der Waals surface area contributed by atoms with E-state index in [2.05, 4.69) is 0 Å². The molecule has 0 aliphatic rings. The Kier molecular flexibility index (Phi) is 5.41. The Bertz CT molecular complexity index is 1370. The molecule has 0 saturated heterocycles. The first-order valence-electron chi connectivity index (χ1n) is 9.61. The van der Waals surface area contributed by atoms with E-state index in [1.54, 1.807) is 49.4 Å². The molecule has 160 valence electrons. The fraction of sp³-hybridized carbons (Fsp3) is 0.174. The van der Waals surface area contributed by atoms with Gasteiger partial charge in [0.2, 0.25) is 5.76 Å². The number of benzene rings is 2. The van der Waals surface area contributed by atoms with Crippen LogP contribution in [-0.2, 0) is 21.1 Å². The van der Waals surface area contributed by atoms with Crippen molar-refractivity contribution in [3.8, 4) is 11.5 Å². The molecular weight excluding hydrogens is 421 g/mol. The fourth-order valence-corrected chi connectivity index (χ4v) is 4.07.